The first-order chi connectivity index (χ1) is 11.1. The maximum Gasteiger partial charge on any atom is 0.246 e. The van der Waals surface area contributed by atoms with Crippen LogP contribution < -0.4 is 10.6 Å². The first-order valence-electron chi connectivity index (χ1n) is 6.79. The van der Waals surface area contributed by atoms with Crippen molar-refractivity contribution in [3.63, 3.8) is 0 Å². The van der Waals surface area contributed by atoms with Gasteiger partial charge in [-0.2, -0.15) is 4.98 Å². The van der Waals surface area contributed by atoms with E-state index in [2.05, 4.69) is 20.8 Å². The van der Waals surface area contributed by atoms with Gasteiger partial charge in [0, 0.05) is 12.6 Å². The molecule has 2 N–H and O–H groups in total. The lowest BCUT2D eigenvalue weighted by atomic mass is 10.2. The fourth-order valence-corrected chi connectivity index (χ4v) is 1.93. The molecule has 0 aliphatic rings. The van der Waals surface area contributed by atoms with Gasteiger partial charge in [0.25, 0.3) is 0 Å². The Balaban J connectivity index is 1.67. The quantitative estimate of drug-likeness (QED) is 0.751. The zero-order valence-corrected chi connectivity index (χ0v) is 12.2. The summed E-state index contributed by atoms with van der Waals surface area (Å²) in [6.45, 7) is 1.56. The Hall–Kier alpha value is -3.16. The van der Waals surface area contributed by atoms with Crippen LogP contribution in [0, 0.1) is 5.82 Å². The summed E-state index contributed by atoms with van der Waals surface area (Å²) in [6.07, 6.45) is 1.52. The zero-order chi connectivity index (χ0) is 16.2. The molecule has 2 aromatic heterocycles. The average molecular weight is 316 g/mol. The Morgan fingerprint density at radius 3 is 2.96 bits per heavy atom. The second-order valence-electron chi connectivity index (χ2n) is 4.72. The molecule has 0 aliphatic carbocycles. The number of halogens is 1. The molecule has 118 valence electrons. The highest BCUT2D eigenvalue weighted by Gasteiger charge is 2.11. The predicted octanol–water partition coefficient (Wildman–Crippen LogP) is 3.04. The molecular formula is C15H13FN4O3. The van der Waals surface area contributed by atoms with Gasteiger partial charge in [0.1, 0.15) is 5.82 Å². The lowest BCUT2D eigenvalue weighted by molar-refractivity contribution is -0.114. The topological polar surface area (TPSA) is 93.2 Å². The third kappa shape index (κ3) is 3.54. The third-order valence-corrected chi connectivity index (χ3v) is 2.93. The molecule has 0 unspecified atom stereocenters. The minimum Gasteiger partial charge on any atom is -0.461 e. The van der Waals surface area contributed by atoms with Gasteiger partial charge < -0.3 is 19.6 Å². The monoisotopic (exact) mass is 316 g/mol. The molecule has 7 nitrogen and oxygen atoms in total. The summed E-state index contributed by atoms with van der Waals surface area (Å²) < 4.78 is 23.8. The van der Waals surface area contributed by atoms with Gasteiger partial charge in [-0.15, -0.1) is 0 Å². The van der Waals surface area contributed by atoms with Crippen LogP contribution in [0.1, 0.15) is 12.8 Å². The second-order valence-corrected chi connectivity index (χ2v) is 4.72. The average Bonchev–Trinajstić information content (AvgIpc) is 3.18. The number of benzene rings is 1. The summed E-state index contributed by atoms with van der Waals surface area (Å²) in [5, 5.41) is 9.24. The van der Waals surface area contributed by atoms with Crippen molar-refractivity contribution >= 4 is 17.3 Å². The van der Waals surface area contributed by atoms with Gasteiger partial charge in [-0.3, -0.25) is 4.79 Å². The van der Waals surface area contributed by atoms with Crippen molar-refractivity contribution < 1.29 is 18.1 Å². The van der Waals surface area contributed by atoms with Crippen molar-refractivity contribution in [2.75, 3.05) is 10.6 Å². The number of nitrogens with zero attached hydrogens (tertiary/aromatic N) is 2. The van der Waals surface area contributed by atoms with E-state index in [1.54, 1.807) is 18.2 Å². The number of rotatable bonds is 5. The van der Waals surface area contributed by atoms with Crippen LogP contribution in [0.15, 0.2) is 45.5 Å². The van der Waals surface area contributed by atoms with Crippen molar-refractivity contribution in [1.29, 1.82) is 0 Å². The Bertz CT molecular complexity index is 814. The summed E-state index contributed by atoms with van der Waals surface area (Å²) in [5.41, 5.74) is 0.706. The van der Waals surface area contributed by atoms with Crippen molar-refractivity contribution in [2.45, 2.75) is 13.5 Å². The van der Waals surface area contributed by atoms with Crippen LogP contribution >= 0.6 is 0 Å². The molecule has 2 heterocycles. The predicted molar refractivity (Wildman–Crippen MR) is 80.0 cm³/mol. The van der Waals surface area contributed by atoms with Crippen LogP contribution in [0.4, 0.5) is 15.8 Å². The molecule has 3 aromatic rings. The molecule has 0 aliphatic heterocycles. The van der Waals surface area contributed by atoms with E-state index in [0.29, 0.717) is 23.2 Å². The van der Waals surface area contributed by atoms with Crippen molar-refractivity contribution in [3.05, 3.63) is 48.3 Å². The van der Waals surface area contributed by atoms with Gasteiger partial charge >= 0.3 is 0 Å². The minimum absolute atomic E-state index is 0.101. The molecule has 0 atom stereocenters. The molecule has 0 saturated heterocycles. The highest BCUT2D eigenvalue weighted by molar-refractivity contribution is 5.89. The number of anilines is 2. The van der Waals surface area contributed by atoms with Crippen LogP contribution in [-0.4, -0.2) is 16.0 Å². The van der Waals surface area contributed by atoms with Crippen molar-refractivity contribution in [1.82, 2.24) is 10.1 Å². The van der Waals surface area contributed by atoms with Crippen LogP contribution in [0.25, 0.3) is 11.6 Å². The number of hydrogen-bond acceptors (Lipinski definition) is 6. The molecule has 23 heavy (non-hydrogen) atoms. The van der Waals surface area contributed by atoms with E-state index < -0.39 is 5.82 Å². The van der Waals surface area contributed by atoms with Crippen molar-refractivity contribution in [3.8, 4) is 11.6 Å². The van der Waals surface area contributed by atoms with Crippen LogP contribution in [0.3, 0.4) is 0 Å². The summed E-state index contributed by atoms with van der Waals surface area (Å²) in [5.74, 6) is 0.353. The number of carbonyl (C=O) groups is 1. The van der Waals surface area contributed by atoms with E-state index in [-0.39, 0.29) is 18.1 Å². The molecule has 0 saturated carbocycles. The molecule has 0 radical (unpaired) electrons. The number of carbonyl (C=O) groups excluding carboxylic acids is 1. The maximum atomic E-state index is 13.6. The SMILES string of the molecule is CC(=O)Nc1cc(NCc2nc(-c3ccco3)no2)ccc1F. The van der Waals surface area contributed by atoms with E-state index in [0.717, 1.165) is 0 Å². The molecule has 8 heteroatoms. The Morgan fingerprint density at radius 2 is 2.22 bits per heavy atom. The van der Waals surface area contributed by atoms with Crippen LogP contribution in [-0.2, 0) is 11.3 Å². The number of furan rings is 1. The second kappa shape index (κ2) is 6.30. The van der Waals surface area contributed by atoms with E-state index in [1.807, 2.05) is 0 Å². The van der Waals surface area contributed by atoms with E-state index in [1.165, 1.54) is 25.3 Å². The first kappa shape index (κ1) is 14.8. The summed E-state index contributed by atoms with van der Waals surface area (Å²) >= 11 is 0. The third-order valence-electron chi connectivity index (χ3n) is 2.93. The maximum absolute atomic E-state index is 13.6. The van der Waals surface area contributed by atoms with E-state index in [4.69, 9.17) is 8.94 Å². The standard InChI is InChI=1S/C15H13FN4O3/c1-9(21)18-12-7-10(4-5-11(12)16)17-8-14-19-15(20-23-14)13-3-2-6-22-13/h2-7,17H,8H2,1H3,(H,18,21). The fraction of sp³-hybridized carbons (Fsp3) is 0.133. The molecule has 1 aromatic carbocycles. The van der Waals surface area contributed by atoms with Gasteiger partial charge in [-0.1, -0.05) is 5.16 Å². The highest BCUT2D eigenvalue weighted by atomic mass is 19.1. The molecule has 0 bridgehead atoms. The van der Waals surface area contributed by atoms with Gasteiger partial charge in [-0.25, -0.2) is 4.39 Å². The normalized spacial score (nSPS) is 10.5. The smallest absolute Gasteiger partial charge is 0.246 e. The van der Waals surface area contributed by atoms with Gasteiger partial charge in [-0.05, 0) is 30.3 Å². The number of amides is 1. The molecule has 3 rings (SSSR count). The number of aromatic nitrogens is 2. The largest absolute Gasteiger partial charge is 0.461 e. The molecule has 1 amide bonds. The summed E-state index contributed by atoms with van der Waals surface area (Å²) in [4.78, 5) is 15.2. The Kier molecular flexibility index (Phi) is 4.05. The zero-order valence-electron chi connectivity index (χ0n) is 12.2. The highest BCUT2D eigenvalue weighted by Crippen LogP contribution is 2.21. The van der Waals surface area contributed by atoms with Gasteiger partial charge in [0.15, 0.2) is 5.76 Å². The Labute approximate surface area is 130 Å². The molecular weight excluding hydrogens is 303 g/mol. The van der Waals surface area contributed by atoms with Crippen LogP contribution in [0.5, 0.6) is 0 Å². The lowest BCUT2D eigenvalue weighted by Crippen LogP contribution is -2.08. The van der Waals surface area contributed by atoms with E-state index in [9.17, 15) is 9.18 Å². The summed E-state index contributed by atoms with van der Waals surface area (Å²) in [7, 11) is 0. The van der Waals surface area contributed by atoms with Gasteiger partial charge in [0.05, 0.1) is 18.5 Å². The number of nitrogens with one attached hydrogen (secondary N) is 2. The van der Waals surface area contributed by atoms with E-state index >= 15 is 0 Å². The molecule has 0 spiro atoms. The number of hydrogen-bond donors (Lipinski definition) is 2. The van der Waals surface area contributed by atoms with Gasteiger partial charge in [0.2, 0.25) is 17.6 Å². The first-order valence-corrected chi connectivity index (χ1v) is 6.79. The molecule has 0 fully saturated rings. The minimum atomic E-state index is -0.511. The summed E-state index contributed by atoms with van der Waals surface area (Å²) in [6, 6.07) is 7.74. The van der Waals surface area contributed by atoms with Crippen molar-refractivity contribution in [2.24, 2.45) is 0 Å². The Morgan fingerprint density at radius 1 is 1.35 bits per heavy atom. The fourth-order valence-electron chi connectivity index (χ4n) is 1.93. The lowest BCUT2D eigenvalue weighted by Gasteiger charge is -2.08. The van der Waals surface area contributed by atoms with Crippen LogP contribution in [0.2, 0.25) is 0 Å².